The van der Waals surface area contributed by atoms with E-state index in [4.69, 9.17) is 0 Å². The Hall–Kier alpha value is -3.25. The van der Waals surface area contributed by atoms with Gasteiger partial charge in [0.05, 0.1) is 22.9 Å². The molecule has 3 aromatic rings. The van der Waals surface area contributed by atoms with Crippen LogP contribution in [0.2, 0.25) is 0 Å². The van der Waals surface area contributed by atoms with Crippen LogP contribution in [0.15, 0.2) is 54.7 Å². The molecule has 1 aliphatic heterocycles. The number of nitrogens with one attached hydrogen (secondary N) is 1. The van der Waals surface area contributed by atoms with Gasteiger partial charge in [0.2, 0.25) is 5.91 Å². The Balaban J connectivity index is 1.39. The monoisotopic (exact) mass is 401 g/mol. The zero-order valence-electron chi connectivity index (χ0n) is 17.5. The number of piperazine rings is 1. The number of hydrogen-bond acceptors (Lipinski definition) is 5. The van der Waals surface area contributed by atoms with Crippen molar-refractivity contribution >= 4 is 34.4 Å². The number of carbonyl (C=O) groups excluding carboxylic acids is 1. The quantitative estimate of drug-likeness (QED) is 0.660. The lowest BCUT2D eigenvalue weighted by molar-refractivity contribution is -0.111. The van der Waals surface area contributed by atoms with Gasteiger partial charge >= 0.3 is 0 Å². The summed E-state index contributed by atoms with van der Waals surface area (Å²) in [6.07, 6.45) is 4.85. The molecule has 2 aromatic carbocycles. The van der Waals surface area contributed by atoms with Crippen LogP contribution in [0.3, 0.4) is 0 Å². The number of fused-ring (bicyclic) bond motifs is 1. The molecule has 0 aliphatic carbocycles. The van der Waals surface area contributed by atoms with Gasteiger partial charge in [0.25, 0.3) is 0 Å². The number of para-hydroxylation sites is 2. The summed E-state index contributed by atoms with van der Waals surface area (Å²) in [6.45, 7) is 9.60. The standard InChI is InChI=1S/C24H27N5O/c1-3-28-12-14-29(15-13-28)20-9-10-21(18(2)16-20)27-24(30)11-8-19-17-25-22-6-4-5-7-23(22)26-19/h4-11,16-17H,3,12-15H2,1-2H3,(H,27,30)/b11-8+. The zero-order valence-corrected chi connectivity index (χ0v) is 17.5. The number of rotatable bonds is 5. The third kappa shape index (κ3) is 4.66. The normalized spacial score (nSPS) is 15.1. The Labute approximate surface area is 177 Å². The minimum atomic E-state index is -0.183. The number of benzene rings is 2. The van der Waals surface area contributed by atoms with E-state index in [1.54, 1.807) is 12.3 Å². The van der Waals surface area contributed by atoms with Crippen molar-refractivity contribution in [1.82, 2.24) is 14.9 Å². The average molecular weight is 402 g/mol. The van der Waals surface area contributed by atoms with Gasteiger partial charge in [-0.05, 0) is 55.4 Å². The van der Waals surface area contributed by atoms with Gasteiger partial charge in [-0.2, -0.15) is 0 Å². The average Bonchev–Trinajstić information content (AvgIpc) is 2.79. The van der Waals surface area contributed by atoms with E-state index in [0.29, 0.717) is 5.69 Å². The molecule has 0 bridgehead atoms. The highest BCUT2D eigenvalue weighted by molar-refractivity contribution is 6.02. The van der Waals surface area contributed by atoms with Crippen molar-refractivity contribution in [3.8, 4) is 0 Å². The summed E-state index contributed by atoms with van der Waals surface area (Å²) >= 11 is 0. The molecule has 0 spiro atoms. The van der Waals surface area contributed by atoms with Crippen LogP contribution in [-0.2, 0) is 4.79 Å². The van der Waals surface area contributed by atoms with Gasteiger partial charge in [-0.25, -0.2) is 4.98 Å². The second-order valence-electron chi connectivity index (χ2n) is 7.53. The third-order valence-corrected chi connectivity index (χ3v) is 5.53. The van der Waals surface area contributed by atoms with Crippen molar-refractivity contribution in [1.29, 1.82) is 0 Å². The number of aromatic nitrogens is 2. The van der Waals surface area contributed by atoms with Gasteiger partial charge in [-0.3, -0.25) is 9.78 Å². The minimum Gasteiger partial charge on any atom is -0.369 e. The van der Waals surface area contributed by atoms with Crippen molar-refractivity contribution in [2.75, 3.05) is 42.9 Å². The molecule has 0 atom stereocenters. The fourth-order valence-electron chi connectivity index (χ4n) is 3.69. The van der Waals surface area contributed by atoms with E-state index in [0.717, 1.165) is 55.0 Å². The summed E-state index contributed by atoms with van der Waals surface area (Å²) < 4.78 is 0. The maximum Gasteiger partial charge on any atom is 0.248 e. The lowest BCUT2D eigenvalue weighted by atomic mass is 10.1. The zero-order chi connectivity index (χ0) is 20.9. The fourth-order valence-corrected chi connectivity index (χ4v) is 3.69. The Morgan fingerprint density at radius 3 is 2.60 bits per heavy atom. The molecular weight excluding hydrogens is 374 g/mol. The summed E-state index contributed by atoms with van der Waals surface area (Å²) in [5.41, 5.74) is 5.39. The molecule has 2 heterocycles. The summed E-state index contributed by atoms with van der Waals surface area (Å²) in [7, 11) is 0. The van der Waals surface area contributed by atoms with Crippen molar-refractivity contribution in [3.05, 3.63) is 66.0 Å². The van der Waals surface area contributed by atoms with Gasteiger partial charge in [0.1, 0.15) is 0 Å². The number of carbonyl (C=O) groups is 1. The molecule has 0 unspecified atom stereocenters. The maximum absolute atomic E-state index is 12.4. The van der Waals surface area contributed by atoms with Crippen LogP contribution >= 0.6 is 0 Å². The third-order valence-electron chi connectivity index (χ3n) is 5.53. The SMILES string of the molecule is CCN1CCN(c2ccc(NC(=O)/C=C/c3cnc4ccccc4n3)c(C)c2)CC1. The Morgan fingerprint density at radius 1 is 1.10 bits per heavy atom. The van der Waals surface area contributed by atoms with Crippen LogP contribution in [-0.4, -0.2) is 53.5 Å². The molecule has 6 nitrogen and oxygen atoms in total. The van der Waals surface area contributed by atoms with Crippen LogP contribution in [0.1, 0.15) is 18.2 Å². The number of anilines is 2. The lowest BCUT2D eigenvalue weighted by Crippen LogP contribution is -2.46. The second kappa shape index (κ2) is 9.05. The van der Waals surface area contributed by atoms with Crippen LogP contribution < -0.4 is 10.2 Å². The molecule has 1 aromatic heterocycles. The van der Waals surface area contributed by atoms with Crippen LogP contribution in [0.4, 0.5) is 11.4 Å². The summed E-state index contributed by atoms with van der Waals surface area (Å²) in [6, 6.07) is 13.9. The van der Waals surface area contributed by atoms with Gasteiger partial charge in [0, 0.05) is 43.6 Å². The highest BCUT2D eigenvalue weighted by Gasteiger charge is 2.16. The topological polar surface area (TPSA) is 61.4 Å². The smallest absolute Gasteiger partial charge is 0.248 e. The van der Waals surface area contributed by atoms with Crippen molar-refractivity contribution in [3.63, 3.8) is 0 Å². The number of aryl methyl sites for hydroxylation is 1. The van der Waals surface area contributed by atoms with Gasteiger partial charge in [-0.15, -0.1) is 0 Å². The second-order valence-corrected chi connectivity index (χ2v) is 7.53. The molecule has 154 valence electrons. The van der Waals surface area contributed by atoms with Gasteiger partial charge in [0.15, 0.2) is 0 Å². The first-order chi connectivity index (χ1) is 14.6. The van der Waals surface area contributed by atoms with Gasteiger partial charge < -0.3 is 15.1 Å². The summed E-state index contributed by atoms with van der Waals surface area (Å²) in [5, 5.41) is 2.96. The Bertz CT molecular complexity index is 1070. The van der Waals surface area contributed by atoms with Crippen LogP contribution in [0, 0.1) is 6.92 Å². The number of hydrogen-bond donors (Lipinski definition) is 1. The lowest BCUT2D eigenvalue weighted by Gasteiger charge is -2.35. The van der Waals surface area contributed by atoms with E-state index in [2.05, 4.69) is 44.1 Å². The van der Waals surface area contributed by atoms with Gasteiger partial charge in [-0.1, -0.05) is 19.1 Å². The van der Waals surface area contributed by atoms with E-state index in [9.17, 15) is 4.79 Å². The molecule has 1 saturated heterocycles. The first-order valence-corrected chi connectivity index (χ1v) is 10.4. The predicted octanol–water partition coefficient (Wildman–Crippen LogP) is 3.73. The molecule has 30 heavy (non-hydrogen) atoms. The first kappa shape index (κ1) is 20.0. The van der Waals surface area contributed by atoms with E-state index in [1.807, 2.05) is 37.3 Å². The molecule has 1 N–H and O–H groups in total. The molecule has 1 fully saturated rings. The van der Waals surface area contributed by atoms with Crippen LogP contribution in [0.25, 0.3) is 17.1 Å². The van der Waals surface area contributed by atoms with E-state index in [-0.39, 0.29) is 5.91 Å². The number of nitrogens with zero attached hydrogens (tertiary/aromatic N) is 4. The predicted molar refractivity (Wildman–Crippen MR) is 123 cm³/mol. The largest absolute Gasteiger partial charge is 0.369 e. The highest BCUT2D eigenvalue weighted by atomic mass is 16.1. The first-order valence-electron chi connectivity index (χ1n) is 10.4. The van der Waals surface area contributed by atoms with Crippen LogP contribution in [0.5, 0.6) is 0 Å². The van der Waals surface area contributed by atoms with E-state index >= 15 is 0 Å². The Morgan fingerprint density at radius 2 is 1.87 bits per heavy atom. The van der Waals surface area contributed by atoms with Crippen molar-refractivity contribution < 1.29 is 4.79 Å². The maximum atomic E-state index is 12.4. The molecule has 1 aliphatic rings. The fraction of sp³-hybridized carbons (Fsp3) is 0.292. The Kier molecular flexibility index (Phi) is 6.05. The van der Waals surface area contributed by atoms with Crippen molar-refractivity contribution in [2.24, 2.45) is 0 Å². The molecule has 0 saturated carbocycles. The molecule has 1 amide bonds. The molecule has 4 rings (SSSR count). The minimum absolute atomic E-state index is 0.183. The molecule has 6 heteroatoms. The number of amides is 1. The van der Waals surface area contributed by atoms with Crippen molar-refractivity contribution in [2.45, 2.75) is 13.8 Å². The summed E-state index contributed by atoms with van der Waals surface area (Å²) in [5.74, 6) is -0.183. The highest BCUT2D eigenvalue weighted by Crippen LogP contribution is 2.24. The van der Waals surface area contributed by atoms with E-state index < -0.39 is 0 Å². The number of likely N-dealkylation sites (N-methyl/N-ethyl adjacent to an activating group) is 1. The molecular formula is C24H27N5O. The molecule has 0 radical (unpaired) electrons. The van der Waals surface area contributed by atoms with E-state index in [1.165, 1.54) is 11.8 Å². The summed E-state index contributed by atoms with van der Waals surface area (Å²) in [4.78, 5) is 26.1.